The van der Waals surface area contributed by atoms with Crippen LogP contribution in [-0.2, 0) is 24.0 Å². The molecule has 2 saturated heterocycles. The SMILES string of the molecule is [CH2+]C1(C)OB(c2cc3c(s2)-c2sc(B4OC(C)(C)C(C)(C)O4)cc2C3(CC(CC)CCCC)CC(CC)CCCC)OC1(C)C. The van der Waals surface area contributed by atoms with Crippen molar-refractivity contribution in [2.24, 2.45) is 11.8 Å². The van der Waals surface area contributed by atoms with E-state index in [9.17, 15) is 0 Å². The summed E-state index contributed by atoms with van der Waals surface area (Å²) in [5, 5.41) is 0. The van der Waals surface area contributed by atoms with Crippen molar-refractivity contribution < 1.29 is 18.6 Å². The van der Waals surface area contributed by atoms with E-state index in [1.165, 1.54) is 94.6 Å². The predicted molar refractivity (Wildman–Crippen MR) is 195 cm³/mol. The molecule has 5 rings (SSSR count). The molecular formula is C37H59B2O4S2+. The summed E-state index contributed by atoms with van der Waals surface area (Å²) in [5.74, 6) is 1.36. The van der Waals surface area contributed by atoms with Crippen molar-refractivity contribution in [2.75, 3.05) is 0 Å². The maximum atomic E-state index is 6.63. The Morgan fingerprint density at radius 3 is 1.40 bits per heavy atom. The van der Waals surface area contributed by atoms with Gasteiger partial charge in [-0.25, -0.2) is 0 Å². The lowest BCUT2D eigenvalue weighted by Gasteiger charge is -2.38. The summed E-state index contributed by atoms with van der Waals surface area (Å²) in [7, 11) is -0.740. The molecule has 3 aliphatic rings. The molecule has 3 unspecified atom stereocenters. The van der Waals surface area contributed by atoms with Crippen LogP contribution >= 0.6 is 22.7 Å². The Labute approximate surface area is 284 Å². The Hall–Kier alpha value is -0.760. The van der Waals surface area contributed by atoms with Crippen molar-refractivity contribution in [1.82, 2.24) is 0 Å². The highest BCUT2D eigenvalue weighted by molar-refractivity contribution is 7.31. The maximum Gasteiger partial charge on any atom is 0.508 e. The Kier molecular flexibility index (Phi) is 10.2. The quantitative estimate of drug-likeness (QED) is 0.150. The molecule has 4 heterocycles. The summed E-state index contributed by atoms with van der Waals surface area (Å²) in [6.45, 7) is 28.7. The fourth-order valence-corrected chi connectivity index (χ4v) is 10.1. The number of thiophene rings is 2. The summed E-state index contributed by atoms with van der Waals surface area (Å²) < 4.78 is 28.7. The zero-order chi connectivity index (χ0) is 33.0. The van der Waals surface area contributed by atoms with Crippen LogP contribution in [-0.4, -0.2) is 36.6 Å². The van der Waals surface area contributed by atoms with E-state index < -0.39 is 18.3 Å². The van der Waals surface area contributed by atoms with E-state index >= 15 is 0 Å². The molecule has 0 saturated carbocycles. The van der Waals surface area contributed by atoms with E-state index in [2.05, 4.69) is 88.3 Å². The highest BCUT2D eigenvalue weighted by atomic mass is 32.1. The Morgan fingerprint density at radius 1 is 0.644 bits per heavy atom. The van der Waals surface area contributed by atoms with Crippen LogP contribution in [0.5, 0.6) is 0 Å². The van der Waals surface area contributed by atoms with Crippen LogP contribution in [0.3, 0.4) is 0 Å². The summed E-state index contributed by atoms with van der Waals surface area (Å²) in [6, 6.07) is 4.97. The van der Waals surface area contributed by atoms with E-state index in [4.69, 9.17) is 18.6 Å². The molecule has 2 fully saturated rings. The fraction of sp³-hybridized carbons (Fsp3) is 0.757. The van der Waals surface area contributed by atoms with Crippen LogP contribution in [0, 0.1) is 18.8 Å². The van der Waals surface area contributed by atoms with Crippen molar-refractivity contribution in [3.05, 3.63) is 30.2 Å². The van der Waals surface area contributed by atoms with E-state index in [0.717, 1.165) is 0 Å². The van der Waals surface area contributed by atoms with Crippen molar-refractivity contribution in [2.45, 2.75) is 168 Å². The van der Waals surface area contributed by atoms with Gasteiger partial charge in [0.2, 0.25) is 5.60 Å². The molecular weight excluding hydrogens is 594 g/mol. The minimum Gasteiger partial charge on any atom is -0.399 e. The van der Waals surface area contributed by atoms with Crippen molar-refractivity contribution >= 4 is 46.5 Å². The predicted octanol–water partition coefficient (Wildman–Crippen LogP) is 9.70. The summed E-state index contributed by atoms with van der Waals surface area (Å²) in [5.41, 5.74) is 1.18. The maximum absolute atomic E-state index is 6.63. The lowest BCUT2D eigenvalue weighted by molar-refractivity contribution is 0.00578. The molecule has 248 valence electrons. The first-order valence-corrected chi connectivity index (χ1v) is 19.5. The van der Waals surface area contributed by atoms with Crippen LogP contribution < -0.4 is 9.55 Å². The second kappa shape index (κ2) is 12.9. The van der Waals surface area contributed by atoms with Crippen LogP contribution in [0.15, 0.2) is 12.1 Å². The topological polar surface area (TPSA) is 36.9 Å². The molecule has 0 aromatic carbocycles. The van der Waals surface area contributed by atoms with Gasteiger partial charge in [0.25, 0.3) is 0 Å². The van der Waals surface area contributed by atoms with Gasteiger partial charge in [0.15, 0.2) is 0 Å². The monoisotopic (exact) mass is 653 g/mol. The highest BCUT2D eigenvalue weighted by Gasteiger charge is 2.59. The number of fused-ring (bicyclic) bond motifs is 3. The van der Waals surface area contributed by atoms with Gasteiger partial charge >= 0.3 is 14.2 Å². The third-order valence-electron chi connectivity index (χ3n) is 11.9. The highest BCUT2D eigenvalue weighted by Crippen LogP contribution is 2.59. The van der Waals surface area contributed by atoms with Crippen molar-refractivity contribution in [3.8, 4) is 9.75 Å². The van der Waals surface area contributed by atoms with Gasteiger partial charge in [-0.1, -0.05) is 79.1 Å². The molecule has 0 spiro atoms. The third kappa shape index (κ3) is 6.39. The lowest BCUT2D eigenvalue weighted by atomic mass is 9.65. The van der Waals surface area contributed by atoms with Crippen LogP contribution in [0.4, 0.5) is 0 Å². The summed E-state index contributed by atoms with van der Waals surface area (Å²) in [6.07, 6.45) is 12.5. The molecule has 2 aliphatic heterocycles. The number of hydrogen-bond donors (Lipinski definition) is 0. The Morgan fingerprint density at radius 2 is 1.04 bits per heavy atom. The van der Waals surface area contributed by atoms with Gasteiger partial charge in [-0.2, -0.15) is 0 Å². The van der Waals surface area contributed by atoms with E-state index in [0.29, 0.717) is 11.8 Å². The van der Waals surface area contributed by atoms with Crippen LogP contribution in [0.2, 0.25) is 0 Å². The molecule has 2 aromatic rings. The molecule has 2 aromatic heterocycles. The van der Waals surface area contributed by atoms with Gasteiger partial charge in [0.1, 0.15) is 5.60 Å². The molecule has 3 atom stereocenters. The zero-order valence-corrected chi connectivity index (χ0v) is 31.8. The zero-order valence-electron chi connectivity index (χ0n) is 30.2. The fourth-order valence-electron chi connectivity index (χ4n) is 7.51. The molecule has 45 heavy (non-hydrogen) atoms. The lowest BCUT2D eigenvalue weighted by Crippen LogP contribution is -2.42. The average Bonchev–Trinajstić information content (AvgIpc) is 3.72. The van der Waals surface area contributed by atoms with Gasteiger partial charge in [-0.3, -0.25) is 0 Å². The molecule has 0 bridgehead atoms. The second-order valence-corrected chi connectivity index (χ2v) is 18.2. The first-order chi connectivity index (χ1) is 21.0. The van der Waals surface area contributed by atoms with E-state index in [-0.39, 0.29) is 23.7 Å². The summed E-state index contributed by atoms with van der Waals surface area (Å²) >= 11 is 3.77. The molecule has 4 nitrogen and oxygen atoms in total. The molecule has 0 amide bonds. The molecule has 0 radical (unpaired) electrons. The third-order valence-corrected chi connectivity index (χ3v) is 14.3. The largest absolute Gasteiger partial charge is 0.508 e. The summed E-state index contributed by atoms with van der Waals surface area (Å²) in [4.78, 5) is 2.82. The average molecular weight is 654 g/mol. The molecule has 1 aliphatic carbocycles. The van der Waals surface area contributed by atoms with E-state index in [1.807, 2.05) is 29.6 Å². The number of unbranched alkanes of at least 4 members (excludes halogenated alkanes) is 2. The first-order valence-electron chi connectivity index (χ1n) is 17.9. The van der Waals surface area contributed by atoms with Crippen molar-refractivity contribution in [1.29, 1.82) is 0 Å². The minimum atomic E-state index is -0.609. The smallest absolute Gasteiger partial charge is 0.399 e. The number of hydrogen-bond acceptors (Lipinski definition) is 6. The van der Waals surface area contributed by atoms with Gasteiger partial charge in [-0.05, 0) is 89.5 Å². The molecule has 8 heteroatoms. The second-order valence-electron chi connectivity index (χ2n) is 16.0. The Balaban J connectivity index is 1.65. The van der Waals surface area contributed by atoms with Gasteiger partial charge in [0.05, 0.1) is 18.1 Å². The Bertz CT molecular complexity index is 1190. The minimum absolute atomic E-state index is 0.0392. The van der Waals surface area contributed by atoms with Crippen molar-refractivity contribution in [3.63, 3.8) is 0 Å². The normalized spacial score (nSPS) is 27.6. The standard InChI is InChI=1S/C37H59B2O4S2/c1-13-17-19-25(15-3)23-37(24-26(16-4)20-18-14-2)27-21-29(38-40-33(5,6)34(7,8)41-38)44-31(27)32-28(37)22-30(45-32)39-42-35(9,10)36(11,12)43-39/h21-22,25-26H,5,13-20,23-24H2,1-4,6-12H3/q+1. The van der Waals surface area contributed by atoms with Gasteiger partial charge in [-0.15, -0.1) is 22.7 Å². The molecule has 0 N–H and O–H groups in total. The van der Waals surface area contributed by atoms with Gasteiger partial charge < -0.3 is 18.6 Å². The first kappa shape index (κ1) is 35.5. The van der Waals surface area contributed by atoms with E-state index in [1.54, 1.807) is 0 Å². The van der Waals surface area contributed by atoms with Gasteiger partial charge in [0, 0.05) is 31.6 Å². The van der Waals surface area contributed by atoms with Crippen LogP contribution in [0.25, 0.3) is 9.75 Å². The number of rotatable bonds is 14. The van der Waals surface area contributed by atoms with Crippen LogP contribution in [0.1, 0.15) is 151 Å².